The average molecular weight is 441 g/mol. The molecular formula is C24H32N4O2S. The highest BCUT2D eigenvalue weighted by Crippen LogP contribution is 2.24. The Labute approximate surface area is 188 Å². The molecule has 1 saturated carbocycles. The quantitative estimate of drug-likeness (QED) is 0.705. The van der Waals surface area contributed by atoms with Gasteiger partial charge in [-0.15, -0.1) is 11.3 Å². The number of hydrogen-bond donors (Lipinski definition) is 2. The maximum Gasteiger partial charge on any atom is 0.238 e. The summed E-state index contributed by atoms with van der Waals surface area (Å²) >= 11 is 1.62. The van der Waals surface area contributed by atoms with Gasteiger partial charge in [0.2, 0.25) is 11.8 Å². The predicted molar refractivity (Wildman–Crippen MR) is 125 cm³/mol. The van der Waals surface area contributed by atoms with Gasteiger partial charge in [0.15, 0.2) is 0 Å². The van der Waals surface area contributed by atoms with Crippen molar-refractivity contribution in [3.05, 3.63) is 34.7 Å². The fourth-order valence-electron chi connectivity index (χ4n) is 4.64. The molecule has 1 atom stereocenters. The third-order valence-electron chi connectivity index (χ3n) is 6.26. The molecule has 4 rings (SSSR count). The molecule has 1 aliphatic carbocycles. The van der Waals surface area contributed by atoms with E-state index in [1.165, 1.54) is 19.3 Å². The van der Waals surface area contributed by atoms with Crippen LogP contribution in [0.25, 0.3) is 11.3 Å². The fourth-order valence-corrected chi connectivity index (χ4v) is 5.26. The molecule has 166 valence electrons. The first-order chi connectivity index (χ1) is 15.1. The van der Waals surface area contributed by atoms with Crippen molar-refractivity contribution in [3.63, 3.8) is 0 Å². The summed E-state index contributed by atoms with van der Waals surface area (Å²) in [5, 5.41) is 9.32. The van der Waals surface area contributed by atoms with Gasteiger partial charge in [-0.2, -0.15) is 0 Å². The molecule has 2 amide bonds. The second-order valence-corrected chi connectivity index (χ2v) is 9.86. The Morgan fingerprint density at radius 2 is 2.00 bits per heavy atom. The number of amides is 2. The number of piperidine rings is 1. The molecule has 0 spiro atoms. The summed E-state index contributed by atoms with van der Waals surface area (Å²) in [6.45, 7) is 3.82. The van der Waals surface area contributed by atoms with Crippen molar-refractivity contribution in [1.82, 2.24) is 15.2 Å². The number of benzene rings is 1. The maximum atomic E-state index is 12.7. The van der Waals surface area contributed by atoms with Crippen molar-refractivity contribution >= 4 is 28.8 Å². The van der Waals surface area contributed by atoms with Crippen molar-refractivity contribution in [2.75, 3.05) is 25.0 Å². The van der Waals surface area contributed by atoms with E-state index in [1.807, 2.05) is 36.6 Å². The molecule has 6 nitrogen and oxygen atoms in total. The molecule has 1 unspecified atom stereocenters. The lowest BCUT2D eigenvalue weighted by Gasteiger charge is -2.33. The Morgan fingerprint density at radius 3 is 2.77 bits per heavy atom. The topological polar surface area (TPSA) is 74.3 Å². The number of thiazole rings is 1. The number of hydrogen-bond acceptors (Lipinski definition) is 5. The summed E-state index contributed by atoms with van der Waals surface area (Å²) in [4.78, 5) is 32.0. The number of nitrogens with one attached hydrogen (secondary N) is 2. The van der Waals surface area contributed by atoms with Crippen LogP contribution in [0.5, 0.6) is 0 Å². The van der Waals surface area contributed by atoms with E-state index in [0.29, 0.717) is 19.1 Å². The molecule has 2 aliphatic rings. The molecule has 2 aromatic rings. The van der Waals surface area contributed by atoms with Crippen molar-refractivity contribution in [3.8, 4) is 11.3 Å². The molecule has 31 heavy (non-hydrogen) atoms. The standard InChI is InChI=1S/C24H32N4O2S/c1-17-25-22(16-31-17)18-7-5-11-21(13-18)26-23(29)15-28-12-6-8-19(14-28)24(30)27-20-9-3-2-4-10-20/h5,7,11,13,16,19-20H,2-4,6,8-10,12,14-15H2,1H3,(H,26,29)(H,27,30). The van der Waals surface area contributed by atoms with E-state index in [0.717, 1.165) is 54.2 Å². The van der Waals surface area contributed by atoms with Crippen LogP contribution in [0.2, 0.25) is 0 Å². The lowest BCUT2D eigenvalue weighted by molar-refractivity contribution is -0.128. The van der Waals surface area contributed by atoms with Gasteiger partial charge in [-0.1, -0.05) is 31.4 Å². The average Bonchev–Trinajstić information content (AvgIpc) is 3.21. The van der Waals surface area contributed by atoms with Gasteiger partial charge >= 0.3 is 0 Å². The molecule has 2 N–H and O–H groups in total. The first-order valence-electron chi connectivity index (χ1n) is 11.4. The van der Waals surface area contributed by atoms with Crippen LogP contribution in [-0.2, 0) is 9.59 Å². The van der Waals surface area contributed by atoms with Crippen molar-refractivity contribution in [2.45, 2.75) is 57.9 Å². The molecule has 1 aromatic carbocycles. The summed E-state index contributed by atoms with van der Waals surface area (Å²) < 4.78 is 0. The minimum Gasteiger partial charge on any atom is -0.353 e. The number of anilines is 1. The van der Waals surface area contributed by atoms with Gasteiger partial charge in [-0.05, 0) is 51.3 Å². The highest BCUT2D eigenvalue weighted by molar-refractivity contribution is 7.09. The molecule has 0 bridgehead atoms. The van der Waals surface area contributed by atoms with Crippen LogP contribution in [-0.4, -0.2) is 47.4 Å². The monoisotopic (exact) mass is 440 g/mol. The molecule has 2 fully saturated rings. The highest BCUT2D eigenvalue weighted by atomic mass is 32.1. The van der Waals surface area contributed by atoms with E-state index in [2.05, 4.69) is 20.5 Å². The van der Waals surface area contributed by atoms with Gasteiger partial charge in [0.1, 0.15) is 0 Å². The van der Waals surface area contributed by atoms with E-state index in [4.69, 9.17) is 0 Å². The summed E-state index contributed by atoms with van der Waals surface area (Å²) in [5.74, 6) is 0.114. The van der Waals surface area contributed by atoms with E-state index >= 15 is 0 Å². The van der Waals surface area contributed by atoms with Gasteiger partial charge in [0, 0.05) is 29.2 Å². The Bertz CT molecular complexity index is 906. The third kappa shape index (κ3) is 6.14. The Morgan fingerprint density at radius 1 is 1.16 bits per heavy atom. The zero-order valence-corrected chi connectivity index (χ0v) is 19.0. The van der Waals surface area contributed by atoms with Crippen LogP contribution >= 0.6 is 11.3 Å². The normalized spacial score (nSPS) is 20.4. The minimum absolute atomic E-state index is 0.0142. The summed E-state index contributed by atoms with van der Waals surface area (Å²) in [6.07, 6.45) is 7.77. The fraction of sp³-hybridized carbons (Fsp3) is 0.542. The SMILES string of the molecule is Cc1nc(-c2cccc(NC(=O)CN3CCCC(C(=O)NC4CCCCC4)C3)c2)cs1. The number of likely N-dealkylation sites (tertiary alicyclic amines) is 1. The van der Waals surface area contributed by atoms with Crippen LogP contribution < -0.4 is 10.6 Å². The number of aryl methyl sites for hydroxylation is 1. The second kappa shape index (κ2) is 10.4. The summed E-state index contributed by atoms with van der Waals surface area (Å²) in [6, 6.07) is 8.14. The van der Waals surface area contributed by atoms with Crippen LogP contribution in [0.3, 0.4) is 0 Å². The van der Waals surface area contributed by atoms with Crippen LogP contribution in [0, 0.1) is 12.8 Å². The molecule has 7 heteroatoms. The smallest absolute Gasteiger partial charge is 0.238 e. The summed E-state index contributed by atoms with van der Waals surface area (Å²) in [5.41, 5.74) is 2.71. The van der Waals surface area contributed by atoms with Gasteiger partial charge in [-0.25, -0.2) is 4.98 Å². The highest BCUT2D eigenvalue weighted by Gasteiger charge is 2.28. The van der Waals surface area contributed by atoms with Gasteiger partial charge in [0.25, 0.3) is 0 Å². The minimum atomic E-state index is -0.0417. The Hall–Kier alpha value is -2.25. The van der Waals surface area contributed by atoms with Gasteiger partial charge < -0.3 is 10.6 Å². The van der Waals surface area contributed by atoms with Crippen LogP contribution in [0.15, 0.2) is 29.6 Å². The largest absolute Gasteiger partial charge is 0.353 e. The van der Waals surface area contributed by atoms with Crippen LogP contribution in [0.4, 0.5) is 5.69 Å². The first-order valence-corrected chi connectivity index (χ1v) is 12.3. The number of carbonyl (C=O) groups is 2. The van der Waals surface area contributed by atoms with Crippen molar-refractivity contribution < 1.29 is 9.59 Å². The molecule has 0 radical (unpaired) electrons. The van der Waals surface area contributed by atoms with Crippen molar-refractivity contribution in [1.29, 1.82) is 0 Å². The molecule has 2 heterocycles. The second-order valence-electron chi connectivity index (χ2n) is 8.80. The number of carbonyl (C=O) groups excluding carboxylic acids is 2. The first kappa shape index (κ1) is 22.0. The molecular weight excluding hydrogens is 408 g/mol. The summed E-state index contributed by atoms with van der Waals surface area (Å²) in [7, 11) is 0. The lowest BCUT2D eigenvalue weighted by Crippen LogP contribution is -2.47. The number of aromatic nitrogens is 1. The zero-order valence-electron chi connectivity index (χ0n) is 18.2. The number of nitrogens with zero attached hydrogens (tertiary/aromatic N) is 2. The Balaban J connectivity index is 1.28. The third-order valence-corrected chi connectivity index (χ3v) is 7.03. The van der Waals surface area contributed by atoms with E-state index in [-0.39, 0.29) is 17.7 Å². The zero-order chi connectivity index (χ0) is 21.6. The van der Waals surface area contributed by atoms with E-state index < -0.39 is 0 Å². The van der Waals surface area contributed by atoms with E-state index in [1.54, 1.807) is 11.3 Å². The van der Waals surface area contributed by atoms with Crippen LogP contribution in [0.1, 0.15) is 50.0 Å². The maximum absolute atomic E-state index is 12.7. The number of rotatable bonds is 6. The van der Waals surface area contributed by atoms with Gasteiger partial charge in [0.05, 0.1) is 23.2 Å². The molecule has 1 aromatic heterocycles. The Kier molecular flexibility index (Phi) is 7.35. The molecule has 1 saturated heterocycles. The van der Waals surface area contributed by atoms with E-state index in [9.17, 15) is 9.59 Å². The molecule has 1 aliphatic heterocycles. The van der Waals surface area contributed by atoms with Crippen molar-refractivity contribution in [2.24, 2.45) is 5.92 Å². The lowest BCUT2D eigenvalue weighted by atomic mass is 9.93. The predicted octanol–water partition coefficient (Wildman–Crippen LogP) is 4.22. The van der Waals surface area contributed by atoms with Gasteiger partial charge in [-0.3, -0.25) is 14.5 Å².